The highest BCUT2D eigenvalue weighted by molar-refractivity contribution is 6.31. The van der Waals surface area contributed by atoms with Gasteiger partial charge in [0, 0.05) is 12.2 Å². The lowest BCUT2D eigenvalue weighted by Crippen LogP contribution is -2.39. The Bertz CT molecular complexity index is 845. The third kappa shape index (κ3) is 3.60. The first-order chi connectivity index (χ1) is 12.0. The standard InChI is InChI=1S/C18H18ClFN2O3/c1-2-25-18(24)14-10-15(19)16(11-21-8-3-9-21)22(17(14)23)13-6-4-12(20)5-7-13/h4-7,10H,2-3,8-9,11H2,1H3. The van der Waals surface area contributed by atoms with Crippen molar-refractivity contribution in [3.05, 3.63) is 62.8 Å². The number of hydrogen-bond donors (Lipinski definition) is 0. The summed E-state index contributed by atoms with van der Waals surface area (Å²) >= 11 is 6.39. The van der Waals surface area contributed by atoms with Crippen LogP contribution in [0.1, 0.15) is 29.4 Å². The zero-order valence-corrected chi connectivity index (χ0v) is 14.6. The van der Waals surface area contributed by atoms with Gasteiger partial charge in [0.15, 0.2) is 0 Å². The Morgan fingerprint density at radius 3 is 2.52 bits per heavy atom. The van der Waals surface area contributed by atoms with Crippen LogP contribution in [0.15, 0.2) is 35.1 Å². The summed E-state index contributed by atoms with van der Waals surface area (Å²) in [5, 5.41) is 0.305. The molecule has 5 nitrogen and oxygen atoms in total. The largest absolute Gasteiger partial charge is 0.462 e. The summed E-state index contributed by atoms with van der Waals surface area (Å²) in [6, 6.07) is 6.86. The molecule has 2 aromatic rings. The van der Waals surface area contributed by atoms with Gasteiger partial charge in [-0.05, 0) is 56.8 Å². The highest BCUT2D eigenvalue weighted by Crippen LogP contribution is 2.23. The monoisotopic (exact) mass is 364 g/mol. The van der Waals surface area contributed by atoms with Gasteiger partial charge in [-0.15, -0.1) is 0 Å². The minimum Gasteiger partial charge on any atom is -0.462 e. The van der Waals surface area contributed by atoms with E-state index in [0.717, 1.165) is 19.5 Å². The maximum absolute atomic E-state index is 13.3. The second-order valence-electron chi connectivity index (χ2n) is 5.82. The molecule has 132 valence electrons. The first kappa shape index (κ1) is 17.6. The van der Waals surface area contributed by atoms with Gasteiger partial charge < -0.3 is 4.74 Å². The summed E-state index contributed by atoms with van der Waals surface area (Å²) in [6.45, 7) is 4.15. The lowest BCUT2D eigenvalue weighted by molar-refractivity contribution is 0.0523. The molecule has 25 heavy (non-hydrogen) atoms. The van der Waals surface area contributed by atoms with E-state index in [-0.39, 0.29) is 12.2 Å². The Morgan fingerprint density at radius 1 is 1.28 bits per heavy atom. The number of likely N-dealkylation sites (tertiary alicyclic amines) is 1. The summed E-state index contributed by atoms with van der Waals surface area (Å²) in [5.74, 6) is -1.13. The third-order valence-electron chi connectivity index (χ3n) is 4.15. The summed E-state index contributed by atoms with van der Waals surface area (Å²) in [5.41, 5.74) is 0.370. The Morgan fingerprint density at radius 2 is 1.96 bits per heavy atom. The van der Waals surface area contributed by atoms with Crippen molar-refractivity contribution in [2.45, 2.75) is 19.9 Å². The van der Waals surface area contributed by atoms with Gasteiger partial charge in [0.2, 0.25) is 0 Å². The van der Waals surface area contributed by atoms with E-state index in [0.29, 0.717) is 22.9 Å². The number of carbonyl (C=O) groups is 1. The maximum atomic E-state index is 13.3. The number of carbonyl (C=O) groups excluding carboxylic acids is 1. The van der Waals surface area contributed by atoms with Gasteiger partial charge in [-0.25, -0.2) is 9.18 Å². The van der Waals surface area contributed by atoms with E-state index in [4.69, 9.17) is 16.3 Å². The molecule has 0 atom stereocenters. The quantitative estimate of drug-likeness (QED) is 0.765. The number of halogens is 2. The van der Waals surface area contributed by atoms with E-state index >= 15 is 0 Å². The van der Waals surface area contributed by atoms with Crippen LogP contribution in [0.5, 0.6) is 0 Å². The molecular formula is C18H18ClFN2O3. The molecule has 1 aliphatic heterocycles. The molecule has 0 spiro atoms. The van der Waals surface area contributed by atoms with Gasteiger partial charge in [-0.2, -0.15) is 0 Å². The Balaban J connectivity index is 2.16. The average molecular weight is 365 g/mol. The van der Waals surface area contributed by atoms with Crippen LogP contribution in [0.2, 0.25) is 5.02 Å². The summed E-state index contributed by atoms with van der Waals surface area (Å²) in [4.78, 5) is 27.2. The van der Waals surface area contributed by atoms with Gasteiger partial charge in [0.05, 0.1) is 17.3 Å². The van der Waals surface area contributed by atoms with Crippen molar-refractivity contribution in [2.24, 2.45) is 0 Å². The fourth-order valence-corrected chi connectivity index (χ4v) is 2.99. The van der Waals surface area contributed by atoms with Gasteiger partial charge in [0.25, 0.3) is 5.56 Å². The predicted octanol–water partition coefficient (Wildman–Crippen LogP) is 3.01. The van der Waals surface area contributed by atoms with E-state index in [1.54, 1.807) is 6.92 Å². The average Bonchev–Trinajstić information content (AvgIpc) is 2.54. The highest BCUT2D eigenvalue weighted by Gasteiger charge is 2.23. The molecule has 1 aromatic carbocycles. The zero-order valence-electron chi connectivity index (χ0n) is 13.8. The summed E-state index contributed by atoms with van der Waals surface area (Å²) in [7, 11) is 0. The van der Waals surface area contributed by atoms with E-state index in [1.165, 1.54) is 34.9 Å². The molecule has 1 saturated heterocycles. The molecule has 1 aromatic heterocycles. The molecule has 0 N–H and O–H groups in total. The number of ether oxygens (including phenoxy) is 1. The number of pyridine rings is 1. The third-order valence-corrected chi connectivity index (χ3v) is 4.48. The molecule has 0 bridgehead atoms. The number of esters is 1. The molecule has 2 heterocycles. The number of nitrogens with zero attached hydrogens (tertiary/aromatic N) is 2. The normalized spacial score (nSPS) is 14.2. The van der Waals surface area contributed by atoms with Crippen molar-refractivity contribution in [3.63, 3.8) is 0 Å². The SMILES string of the molecule is CCOC(=O)c1cc(Cl)c(CN2CCC2)n(-c2ccc(F)cc2)c1=O. The number of rotatable bonds is 5. The van der Waals surface area contributed by atoms with Crippen LogP contribution in [0.4, 0.5) is 4.39 Å². The molecule has 0 radical (unpaired) electrons. The molecule has 0 amide bonds. The molecule has 3 rings (SSSR count). The Labute approximate surface area is 149 Å². The van der Waals surface area contributed by atoms with E-state index < -0.39 is 17.3 Å². The molecule has 7 heteroatoms. The second kappa shape index (κ2) is 7.37. The zero-order chi connectivity index (χ0) is 18.0. The first-order valence-corrected chi connectivity index (χ1v) is 8.49. The van der Waals surface area contributed by atoms with Gasteiger partial charge in [-0.3, -0.25) is 14.3 Å². The molecule has 1 fully saturated rings. The lowest BCUT2D eigenvalue weighted by Gasteiger charge is -2.32. The number of hydrogen-bond acceptors (Lipinski definition) is 4. The van der Waals surface area contributed by atoms with E-state index in [1.807, 2.05) is 0 Å². The first-order valence-electron chi connectivity index (χ1n) is 8.11. The highest BCUT2D eigenvalue weighted by atomic mass is 35.5. The lowest BCUT2D eigenvalue weighted by atomic mass is 10.1. The van der Waals surface area contributed by atoms with Crippen LogP contribution < -0.4 is 5.56 Å². The predicted molar refractivity (Wildman–Crippen MR) is 92.9 cm³/mol. The van der Waals surface area contributed by atoms with Crippen molar-refractivity contribution in [1.82, 2.24) is 9.47 Å². The topological polar surface area (TPSA) is 51.5 Å². The van der Waals surface area contributed by atoms with Crippen LogP contribution >= 0.6 is 11.6 Å². The van der Waals surface area contributed by atoms with Crippen LogP contribution in [0, 0.1) is 5.82 Å². The fraction of sp³-hybridized carbons (Fsp3) is 0.333. The smallest absolute Gasteiger partial charge is 0.343 e. The van der Waals surface area contributed by atoms with Gasteiger partial charge in [0.1, 0.15) is 11.4 Å². The van der Waals surface area contributed by atoms with Crippen molar-refractivity contribution >= 4 is 17.6 Å². The van der Waals surface area contributed by atoms with Crippen molar-refractivity contribution < 1.29 is 13.9 Å². The summed E-state index contributed by atoms with van der Waals surface area (Å²) < 4.78 is 19.6. The molecule has 1 aliphatic rings. The fourth-order valence-electron chi connectivity index (χ4n) is 2.74. The molecular weight excluding hydrogens is 347 g/mol. The molecule has 0 saturated carbocycles. The van der Waals surface area contributed by atoms with E-state index in [2.05, 4.69) is 4.90 Å². The van der Waals surface area contributed by atoms with Crippen LogP contribution in [-0.4, -0.2) is 35.1 Å². The van der Waals surface area contributed by atoms with Crippen molar-refractivity contribution in [1.29, 1.82) is 0 Å². The second-order valence-corrected chi connectivity index (χ2v) is 6.23. The summed E-state index contributed by atoms with van der Waals surface area (Å²) in [6.07, 6.45) is 1.10. The molecule has 0 aliphatic carbocycles. The maximum Gasteiger partial charge on any atom is 0.343 e. The van der Waals surface area contributed by atoms with Gasteiger partial charge >= 0.3 is 5.97 Å². The minimum absolute atomic E-state index is 0.136. The molecule has 0 unspecified atom stereocenters. The number of benzene rings is 1. The number of aromatic nitrogens is 1. The van der Waals surface area contributed by atoms with Crippen LogP contribution in [-0.2, 0) is 11.3 Å². The minimum atomic E-state index is -0.722. The Kier molecular flexibility index (Phi) is 5.20. The van der Waals surface area contributed by atoms with E-state index in [9.17, 15) is 14.0 Å². The van der Waals surface area contributed by atoms with Crippen molar-refractivity contribution in [3.8, 4) is 5.69 Å². The van der Waals surface area contributed by atoms with Crippen LogP contribution in [0.25, 0.3) is 5.69 Å². The van der Waals surface area contributed by atoms with Crippen molar-refractivity contribution in [2.75, 3.05) is 19.7 Å². The van der Waals surface area contributed by atoms with Gasteiger partial charge in [-0.1, -0.05) is 11.6 Å². The Hall–Kier alpha value is -2.18. The van der Waals surface area contributed by atoms with Crippen LogP contribution in [0.3, 0.4) is 0 Å².